The molecule has 14 heteroatoms. The molecule has 0 saturated carbocycles. The van der Waals surface area contributed by atoms with Crippen LogP contribution in [0.15, 0.2) is 36.4 Å². The van der Waals surface area contributed by atoms with Gasteiger partial charge < -0.3 is 10.1 Å². The van der Waals surface area contributed by atoms with Gasteiger partial charge in [-0.3, -0.25) is 0 Å². The Kier molecular flexibility index (Phi) is 7.12. The summed E-state index contributed by atoms with van der Waals surface area (Å²) in [7, 11) is 0.793. The normalized spacial score (nSPS) is 18.1. The van der Waals surface area contributed by atoms with Gasteiger partial charge >= 0.3 is 24.7 Å². The van der Waals surface area contributed by atoms with Crippen molar-refractivity contribution in [3.8, 4) is 0 Å². The van der Waals surface area contributed by atoms with Crippen molar-refractivity contribution < 1.29 is 57.4 Å². The van der Waals surface area contributed by atoms with E-state index in [1.165, 1.54) is 0 Å². The van der Waals surface area contributed by atoms with Gasteiger partial charge in [-0.25, -0.2) is 0 Å². The summed E-state index contributed by atoms with van der Waals surface area (Å²) in [6.07, 6.45) is -21.0. The number of hydrogen-bond acceptors (Lipinski definition) is 2. The van der Waals surface area contributed by atoms with Gasteiger partial charge in [-0.2, -0.15) is 52.7 Å². The highest BCUT2D eigenvalue weighted by Crippen LogP contribution is 2.47. The van der Waals surface area contributed by atoms with E-state index in [4.69, 9.17) is 4.74 Å². The fourth-order valence-electron chi connectivity index (χ4n) is 4.32. The standard InChI is InChI=1S/C22H17F12NO/c1-36-18(17-3-2-4-35-17,11-5-13(19(23,24)25)9-14(6-11)20(26,27)28)12-7-15(21(29,30)31)10-16(8-12)22(32,33)34/h5-10,17,35H,2-4H2,1H3. The molecule has 0 aliphatic carbocycles. The van der Waals surface area contributed by atoms with Crippen LogP contribution < -0.4 is 5.32 Å². The summed E-state index contributed by atoms with van der Waals surface area (Å²) in [5, 5.41) is 2.73. The molecule has 1 atom stereocenters. The first kappa shape index (κ1) is 28.1. The Morgan fingerprint density at radius 1 is 0.583 bits per heavy atom. The molecule has 0 aromatic heterocycles. The van der Waals surface area contributed by atoms with E-state index in [0.717, 1.165) is 7.11 Å². The van der Waals surface area contributed by atoms with E-state index >= 15 is 0 Å². The first-order chi connectivity index (χ1) is 16.3. The molecule has 200 valence electrons. The van der Waals surface area contributed by atoms with Crippen molar-refractivity contribution >= 4 is 0 Å². The highest BCUT2D eigenvalue weighted by molar-refractivity contribution is 5.47. The second kappa shape index (κ2) is 9.12. The van der Waals surface area contributed by atoms with Crippen molar-refractivity contribution in [1.82, 2.24) is 5.32 Å². The van der Waals surface area contributed by atoms with Crippen molar-refractivity contribution in [2.75, 3.05) is 13.7 Å². The van der Waals surface area contributed by atoms with Crippen molar-refractivity contribution in [2.24, 2.45) is 0 Å². The van der Waals surface area contributed by atoms with Gasteiger partial charge in [-0.1, -0.05) is 0 Å². The molecule has 2 nitrogen and oxygen atoms in total. The molecule has 0 amide bonds. The number of halogens is 12. The number of nitrogens with one attached hydrogen (secondary N) is 1. The largest absolute Gasteiger partial charge is 0.416 e. The van der Waals surface area contributed by atoms with Gasteiger partial charge in [-0.15, -0.1) is 0 Å². The molecule has 0 bridgehead atoms. The molecule has 2 aromatic carbocycles. The summed E-state index contributed by atoms with van der Waals surface area (Å²) in [5.74, 6) is 0. The maximum atomic E-state index is 13.5. The Morgan fingerprint density at radius 3 is 1.11 bits per heavy atom. The van der Waals surface area contributed by atoms with Gasteiger partial charge in [-0.05, 0) is 66.9 Å². The topological polar surface area (TPSA) is 21.3 Å². The van der Waals surface area contributed by atoms with Crippen LogP contribution in [0.2, 0.25) is 0 Å². The van der Waals surface area contributed by atoms with Gasteiger partial charge in [0.1, 0.15) is 5.60 Å². The summed E-state index contributed by atoms with van der Waals surface area (Å²) in [6.45, 7) is 0.145. The third-order valence-corrected chi connectivity index (χ3v) is 5.91. The van der Waals surface area contributed by atoms with Gasteiger partial charge in [0.2, 0.25) is 0 Å². The Bertz CT molecular complexity index is 952. The molecule has 1 N–H and O–H groups in total. The number of methoxy groups -OCH3 is 1. The molecule has 1 aliphatic heterocycles. The molecule has 36 heavy (non-hydrogen) atoms. The van der Waals surface area contributed by atoms with E-state index in [1.807, 2.05) is 0 Å². The van der Waals surface area contributed by atoms with Crippen LogP contribution in [0.5, 0.6) is 0 Å². The average molecular weight is 539 g/mol. The van der Waals surface area contributed by atoms with E-state index in [9.17, 15) is 52.7 Å². The van der Waals surface area contributed by atoms with Crippen LogP contribution in [0.3, 0.4) is 0 Å². The average Bonchev–Trinajstić information content (AvgIpc) is 3.27. The van der Waals surface area contributed by atoms with Crippen LogP contribution in [0, 0.1) is 0 Å². The summed E-state index contributed by atoms with van der Waals surface area (Å²) in [4.78, 5) is 0. The minimum absolute atomic E-state index is 0.0248. The monoisotopic (exact) mass is 539 g/mol. The zero-order chi connectivity index (χ0) is 27.3. The molecule has 1 saturated heterocycles. The quantitative estimate of drug-likeness (QED) is 0.409. The number of ether oxygens (including phenoxy) is 1. The Balaban J connectivity index is 2.46. The van der Waals surface area contributed by atoms with Crippen LogP contribution in [0.25, 0.3) is 0 Å². The van der Waals surface area contributed by atoms with Crippen molar-refractivity contribution in [2.45, 2.75) is 49.2 Å². The van der Waals surface area contributed by atoms with Crippen LogP contribution in [-0.2, 0) is 35.0 Å². The molecule has 2 aromatic rings. The van der Waals surface area contributed by atoms with Gasteiger partial charge in [0, 0.05) is 13.2 Å². The molecular weight excluding hydrogens is 522 g/mol. The van der Waals surface area contributed by atoms with E-state index in [0.29, 0.717) is 0 Å². The minimum atomic E-state index is -5.32. The van der Waals surface area contributed by atoms with Crippen LogP contribution in [0.4, 0.5) is 52.7 Å². The molecule has 1 heterocycles. The van der Waals surface area contributed by atoms with E-state index in [1.54, 1.807) is 0 Å². The van der Waals surface area contributed by atoms with Gasteiger partial charge in [0.15, 0.2) is 0 Å². The SMILES string of the molecule is COC(c1cc(C(F)(F)F)cc(C(F)(F)F)c1)(c1cc(C(F)(F)F)cc(C(F)(F)F)c1)C1CCCN1. The Hall–Kier alpha value is -2.48. The summed E-state index contributed by atoms with van der Waals surface area (Å²) in [5.41, 5.74) is -11.6. The predicted molar refractivity (Wildman–Crippen MR) is 102 cm³/mol. The minimum Gasteiger partial charge on any atom is -0.367 e. The molecule has 1 fully saturated rings. The lowest BCUT2D eigenvalue weighted by Crippen LogP contribution is -2.48. The Morgan fingerprint density at radius 2 is 0.889 bits per heavy atom. The lowest BCUT2D eigenvalue weighted by Gasteiger charge is -2.40. The zero-order valence-corrected chi connectivity index (χ0v) is 18.1. The van der Waals surface area contributed by atoms with E-state index < -0.39 is 69.7 Å². The summed E-state index contributed by atoms with van der Waals surface area (Å²) in [6, 6.07) is -0.674. The Labute approximate surface area is 196 Å². The van der Waals surface area contributed by atoms with Gasteiger partial charge in [0.25, 0.3) is 0 Å². The van der Waals surface area contributed by atoms with Crippen LogP contribution >= 0.6 is 0 Å². The predicted octanol–water partition coefficient (Wildman–Crippen LogP) is 7.40. The number of alkyl halides is 12. The smallest absolute Gasteiger partial charge is 0.367 e. The molecule has 1 aliphatic rings. The number of hydrogen-bond donors (Lipinski definition) is 1. The highest BCUT2D eigenvalue weighted by Gasteiger charge is 2.49. The second-order valence-electron chi connectivity index (χ2n) is 8.18. The fraction of sp³-hybridized carbons (Fsp3) is 0.455. The first-order valence-electron chi connectivity index (χ1n) is 10.2. The highest BCUT2D eigenvalue weighted by atomic mass is 19.4. The van der Waals surface area contributed by atoms with E-state index in [2.05, 4.69) is 5.32 Å². The zero-order valence-electron chi connectivity index (χ0n) is 18.1. The van der Waals surface area contributed by atoms with Crippen LogP contribution in [0.1, 0.15) is 46.2 Å². The first-order valence-corrected chi connectivity index (χ1v) is 10.2. The number of rotatable bonds is 4. The maximum Gasteiger partial charge on any atom is 0.416 e. The van der Waals surface area contributed by atoms with Crippen LogP contribution in [-0.4, -0.2) is 19.7 Å². The van der Waals surface area contributed by atoms with Crippen molar-refractivity contribution in [1.29, 1.82) is 0 Å². The third-order valence-electron chi connectivity index (χ3n) is 5.91. The number of benzene rings is 2. The molecule has 0 radical (unpaired) electrons. The molecule has 3 rings (SSSR count). The maximum absolute atomic E-state index is 13.5. The molecular formula is C22H17F12NO. The molecule has 1 unspecified atom stereocenters. The lowest BCUT2D eigenvalue weighted by atomic mass is 9.77. The molecule has 0 spiro atoms. The van der Waals surface area contributed by atoms with Crippen molar-refractivity contribution in [3.05, 3.63) is 69.8 Å². The summed E-state index contributed by atoms with van der Waals surface area (Å²) >= 11 is 0. The van der Waals surface area contributed by atoms with Gasteiger partial charge in [0.05, 0.1) is 22.3 Å². The lowest BCUT2D eigenvalue weighted by molar-refractivity contribution is -0.144. The third kappa shape index (κ3) is 5.43. The fourth-order valence-corrected chi connectivity index (χ4v) is 4.32. The summed E-state index contributed by atoms with van der Waals surface area (Å²) < 4.78 is 168. The second-order valence-corrected chi connectivity index (χ2v) is 8.18. The van der Waals surface area contributed by atoms with E-state index in [-0.39, 0.29) is 55.8 Å². The van der Waals surface area contributed by atoms with Crippen molar-refractivity contribution in [3.63, 3.8) is 0 Å².